The molecule has 1 saturated heterocycles. The summed E-state index contributed by atoms with van der Waals surface area (Å²) < 4.78 is 39.3. The number of carbonyl (C=O) groups is 1. The molecule has 7 nitrogen and oxygen atoms in total. The Balaban J connectivity index is 1.92. The maximum Gasteiger partial charge on any atom is 0.268 e. The molecule has 1 aliphatic heterocycles. The van der Waals surface area contributed by atoms with Gasteiger partial charge in [0.05, 0.1) is 18.9 Å². The van der Waals surface area contributed by atoms with Crippen LogP contribution in [-0.4, -0.2) is 47.2 Å². The number of aryl methyl sites for hydroxylation is 2. The van der Waals surface area contributed by atoms with Gasteiger partial charge in [-0.3, -0.25) is 9.10 Å². The molecule has 0 radical (unpaired) electrons. The normalized spacial score (nSPS) is 16.2. The molecule has 0 unspecified atom stereocenters. The molecule has 1 amide bonds. The molecule has 31 heavy (non-hydrogen) atoms. The number of nitrogens with one attached hydrogen (secondary N) is 1. The van der Waals surface area contributed by atoms with Crippen molar-refractivity contribution >= 4 is 21.6 Å². The summed E-state index contributed by atoms with van der Waals surface area (Å²) in [5, 5.41) is 2.81. The van der Waals surface area contributed by atoms with E-state index in [4.69, 9.17) is 9.47 Å². The molecule has 2 aromatic rings. The van der Waals surface area contributed by atoms with Crippen molar-refractivity contribution in [2.24, 2.45) is 0 Å². The minimum atomic E-state index is -4.06. The summed E-state index contributed by atoms with van der Waals surface area (Å²) in [7, 11) is -2.63. The summed E-state index contributed by atoms with van der Waals surface area (Å²) in [5.41, 5.74) is 2.29. The maximum atomic E-state index is 13.7. The van der Waals surface area contributed by atoms with Crippen molar-refractivity contribution in [1.29, 1.82) is 0 Å². The van der Waals surface area contributed by atoms with Gasteiger partial charge >= 0.3 is 0 Å². The number of ether oxygens (including phenoxy) is 2. The zero-order valence-electron chi connectivity index (χ0n) is 18.3. The number of nitrogens with zero attached hydrogens (tertiary/aromatic N) is 1. The third kappa shape index (κ3) is 5.57. The topological polar surface area (TPSA) is 84.9 Å². The van der Waals surface area contributed by atoms with Gasteiger partial charge in [-0.25, -0.2) is 8.42 Å². The first-order valence-corrected chi connectivity index (χ1v) is 11.9. The number of carbonyl (C=O) groups excluding carboxylic acids is 1. The fourth-order valence-corrected chi connectivity index (χ4v) is 5.20. The van der Waals surface area contributed by atoms with Gasteiger partial charge in [0, 0.05) is 13.2 Å². The van der Waals surface area contributed by atoms with Crippen LogP contribution in [0, 0.1) is 6.92 Å². The molecule has 0 aromatic heterocycles. The summed E-state index contributed by atoms with van der Waals surface area (Å²) in [4.78, 5) is 12.7. The van der Waals surface area contributed by atoms with E-state index in [1.165, 1.54) is 7.11 Å². The molecule has 1 N–H and O–H groups in total. The minimum Gasteiger partial charge on any atom is -0.495 e. The number of methoxy groups -OCH3 is 1. The number of anilines is 1. The van der Waals surface area contributed by atoms with Crippen LogP contribution < -0.4 is 14.4 Å². The Kier molecular flexibility index (Phi) is 7.56. The maximum absolute atomic E-state index is 13.7. The summed E-state index contributed by atoms with van der Waals surface area (Å²) in [5.74, 6) is -0.147. The molecule has 168 valence electrons. The summed E-state index contributed by atoms with van der Waals surface area (Å²) in [6.45, 7) is 4.57. The van der Waals surface area contributed by atoms with Crippen LogP contribution in [0.3, 0.4) is 0 Å². The van der Waals surface area contributed by atoms with E-state index in [0.717, 1.165) is 34.7 Å². The number of benzene rings is 2. The number of hydrogen-bond donors (Lipinski definition) is 1. The van der Waals surface area contributed by atoms with Crippen LogP contribution in [0.5, 0.6) is 5.75 Å². The van der Waals surface area contributed by atoms with Crippen molar-refractivity contribution < 1.29 is 22.7 Å². The largest absolute Gasteiger partial charge is 0.495 e. The molecular weight excluding hydrogens is 416 g/mol. The van der Waals surface area contributed by atoms with Gasteiger partial charge in [0.2, 0.25) is 5.91 Å². The Hall–Kier alpha value is -2.58. The molecule has 1 atom stereocenters. The monoisotopic (exact) mass is 446 g/mol. The fraction of sp³-hybridized carbons (Fsp3) is 0.435. The standard InChI is InChI=1S/C23H30N2O5S/c1-4-18-8-10-19(11-9-18)25(16-23(26)24-15-20-6-5-13-30-20)31(27,28)22-14-17(2)7-12-21(22)29-3/h7-12,14,20H,4-6,13,15-16H2,1-3H3,(H,24,26)/t20-/m1/s1. The molecule has 3 rings (SSSR count). The second kappa shape index (κ2) is 10.2. The van der Waals surface area contributed by atoms with Gasteiger partial charge in [-0.1, -0.05) is 25.1 Å². The Morgan fingerprint density at radius 2 is 1.97 bits per heavy atom. The number of rotatable bonds is 9. The Morgan fingerprint density at radius 1 is 1.23 bits per heavy atom. The van der Waals surface area contributed by atoms with E-state index in [9.17, 15) is 13.2 Å². The molecule has 0 aliphatic carbocycles. The van der Waals surface area contributed by atoms with Crippen molar-refractivity contribution in [3.63, 3.8) is 0 Å². The lowest BCUT2D eigenvalue weighted by molar-refractivity contribution is -0.120. The fourth-order valence-electron chi connectivity index (χ4n) is 3.54. The van der Waals surface area contributed by atoms with Crippen molar-refractivity contribution in [2.75, 3.05) is 31.1 Å². The summed E-state index contributed by atoms with van der Waals surface area (Å²) in [6, 6.07) is 12.2. The van der Waals surface area contributed by atoms with Crippen molar-refractivity contribution in [2.45, 2.75) is 44.1 Å². The third-order valence-electron chi connectivity index (χ3n) is 5.36. The predicted octanol–water partition coefficient (Wildman–Crippen LogP) is 3.06. The predicted molar refractivity (Wildman–Crippen MR) is 120 cm³/mol. The summed E-state index contributed by atoms with van der Waals surface area (Å²) >= 11 is 0. The van der Waals surface area contributed by atoms with E-state index in [1.54, 1.807) is 30.3 Å². The van der Waals surface area contributed by atoms with Crippen LogP contribution in [0.1, 0.15) is 30.9 Å². The highest BCUT2D eigenvalue weighted by molar-refractivity contribution is 7.93. The van der Waals surface area contributed by atoms with Crippen LogP contribution in [0.2, 0.25) is 0 Å². The molecule has 1 heterocycles. The average molecular weight is 447 g/mol. The van der Waals surface area contributed by atoms with Crippen LogP contribution in [0.25, 0.3) is 0 Å². The molecule has 8 heteroatoms. The van der Waals surface area contributed by atoms with Gasteiger partial charge in [0.15, 0.2) is 0 Å². The average Bonchev–Trinajstić information content (AvgIpc) is 3.30. The first kappa shape index (κ1) is 23.1. The van der Waals surface area contributed by atoms with Gasteiger partial charge in [0.25, 0.3) is 10.0 Å². The number of hydrogen-bond acceptors (Lipinski definition) is 5. The molecule has 0 saturated carbocycles. The van der Waals surface area contributed by atoms with E-state index in [2.05, 4.69) is 5.32 Å². The first-order valence-electron chi connectivity index (χ1n) is 10.5. The second-order valence-electron chi connectivity index (χ2n) is 7.63. The van der Waals surface area contributed by atoms with E-state index in [0.29, 0.717) is 18.8 Å². The molecule has 0 spiro atoms. The van der Waals surface area contributed by atoms with E-state index < -0.39 is 10.0 Å². The number of sulfonamides is 1. The van der Waals surface area contributed by atoms with Gasteiger partial charge in [-0.05, 0) is 61.6 Å². The number of amides is 1. The lowest BCUT2D eigenvalue weighted by atomic mass is 10.1. The quantitative estimate of drug-likeness (QED) is 0.640. The Labute approximate surface area is 184 Å². The second-order valence-corrected chi connectivity index (χ2v) is 9.46. The van der Waals surface area contributed by atoms with Crippen LogP contribution in [0.4, 0.5) is 5.69 Å². The van der Waals surface area contributed by atoms with Crippen molar-refractivity contribution in [3.8, 4) is 5.75 Å². The summed E-state index contributed by atoms with van der Waals surface area (Å²) in [6.07, 6.45) is 2.68. The SMILES string of the molecule is CCc1ccc(N(CC(=O)NC[C@H]2CCCO2)S(=O)(=O)c2cc(C)ccc2OC)cc1. The minimum absolute atomic E-state index is 0.0188. The zero-order valence-corrected chi connectivity index (χ0v) is 19.1. The lowest BCUT2D eigenvalue weighted by Crippen LogP contribution is -2.43. The van der Waals surface area contributed by atoms with E-state index in [1.807, 2.05) is 26.0 Å². The smallest absolute Gasteiger partial charge is 0.268 e. The van der Waals surface area contributed by atoms with Gasteiger partial charge in [0.1, 0.15) is 17.2 Å². The van der Waals surface area contributed by atoms with E-state index in [-0.39, 0.29) is 29.2 Å². The van der Waals surface area contributed by atoms with Gasteiger partial charge < -0.3 is 14.8 Å². The highest BCUT2D eigenvalue weighted by Crippen LogP contribution is 2.31. The first-order chi connectivity index (χ1) is 14.8. The third-order valence-corrected chi connectivity index (χ3v) is 7.15. The van der Waals surface area contributed by atoms with Crippen molar-refractivity contribution in [3.05, 3.63) is 53.6 Å². The van der Waals surface area contributed by atoms with Gasteiger partial charge in [-0.2, -0.15) is 0 Å². The highest BCUT2D eigenvalue weighted by atomic mass is 32.2. The zero-order chi connectivity index (χ0) is 22.4. The van der Waals surface area contributed by atoms with Crippen molar-refractivity contribution in [1.82, 2.24) is 5.32 Å². The molecule has 1 fully saturated rings. The molecule has 1 aliphatic rings. The van der Waals surface area contributed by atoms with Crippen LogP contribution in [-0.2, 0) is 26.0 Å². The van der Waals surface area contributed by atoms with Crippen LogP contribution in [0.15, 0.2) is 47.4 Å². The Morgan fingerprint density at radius 3 is 2.58 bits per heavy atom. The lowest BCUT2D eigenvalue weighted by Gasteiger charge is -2.25. The highest BCUT2D eigenvalue weighted by Gasteiger charge is 2.30. The molecule has 2 aromatic carbocycles. The Bertz CT molecular complexity index is 999. The molecular formula is C23H30N2O5S. The van der Waals surface area contributed by atoms with Gasteiger partial charge in [-0.15, -0.1) is 0 Å². The van der Waals surface area contributed by atoms with E-state index >= 15 is 0 Å². The van der Waals surface area contributed by atoms with Crippen LogP contribution >= 0.6 is 0 Å². The molecule has 0 bridgehead atoms.